The fourth-order valence-electron chi connectivity index (χ4n) is 1.61. The minimum Gasteiger partial charge on any atom is -0.393 e. The Hall–Kier alpha value is -1.78. The van der Waals surface area contributed by atoms with Crippen molar-refractivity contribution in [3.05, 3.63) is 29.8 Å². The SMILES string of the molecule is O=C1CC(c2cccnc2F)CC(=O)O1. The Morgan fingerprint density at radius 3 is 2.60 bits per heavy atom. The lowest BCUT2D eigenvalue weighted by molar-refractivity contribution is -0.163. The van der Waals surface area contributed by atoms with Gasteiger partial charge in [0.05, 0.1) is 12.8 Å². The lowest BCUT2D eigenvalue weighted by Gasteiger charge is -2.19. The van der Waals surface area contributed by atoms with Gasteiger partial charge in [0.2, 0.25) is 5.95 Å². The Morgan fingerprint density at radius 1 is 1.33 bits per heavy atom. The van der Waals surface area contributed by atoms with Gasteiger partial charge < -0.3 is 4.74 Å². The van der Waals surface area contributed by atoms with Crippen molar-refractivity contribution in [1.29, 1.82) is 0 Å². The number of ether oxygens (including phenoxy) is 1. The van der Waals surface area contributed by atoms with Crippen molar-refractivity contribution in [2.24, 2.45) is 0 Å². The van der Waals surface area contributed by atoms with E-state index in [9.17, 15) is 14.0 Å². The first kappa shape index (κ1) is 9.76. The number of carbonyl (C=O) groups is 2. The number of esters is 2. The number of nitrogens with zero attached hydrogens (tertiary/aromatic N) is 1. The molecule has 0 atom stereocenters. The van der Waals surface area contributed by atoms with Crippen LogP contribution in [0.15, 0.2) is 18.3 Å². The summed E-state index contributed by atoms with van der Waals surface area (Å²) in [6.45, 7) is 0. The number of hydrogen-bond donors (Lipinski definition) is 0. The normalized spacial score (nSPS) is 17.7. The summed E-state index contributed by atoms with van der Waals surface area (Å²) in [5.41, 5.74) is 0.294. The number of halogens is 1. The molecule has 15 heavy (non-hydrogen) atoms. The lowest BCUT2D eigenvalue weighted by atomic mass is 9.92. The van der Waals surface area contributed by atoms with E-state index in [0.29, 0.717) is 5.56 Å². The van der Waals surface area contributed by atoms with Crippen LogP contribution in [0, 0.1) is 5.95 Å². The van der Waals surface area contributed by atoms with Crippen molar-refractivity contribution in [3.63, 3.8) is 0 Å². The summed E-state index contributed by atoms with van der Waals surface area (Å²) in [4.78, 5) is 25.4. The summed E-state index contributed by atoms with van der Waals surface area (Å²) in [5, 5.41) is 0. The van der Waals surface area contributed by atoms with Gasteiger partial charge in [-0.05, 0) is 6.07 Å². The van der Waals surface area contributed by atoms with Crippen LogP contribution >= 0.6 is 0 Å². The van der Waals surface area contributed by atoms with Crippen LogP contribution in [0.2, 0.25) is 0 Å². The van der Waals surface area contributed by atoms with Crippen LogP contribution < -0.4 is 0 Å². The molecule has 0 N–H and O–H groups in total. The predicted octanol–water partition coefficient (Wildman–Crippen LogP) is 1.17. The maximum absolute atomic E-state index is 13.3. The number of aromatic nitrogens is 1. The molecule has 0 radical (unpaired) electrons. The zero-order valence-electron chi connectivity index (χ0n) is 7.77. The Bertz CT molecular complexity index is 403. The van der Waals surface area contributed by atoms with E-state index in [1.807, 2.05) is 0 Å². The van der Waals surface area contributed by atoms with E-state index >= 15 is 0 Å². The van der Waals surface area contributed by atoms with Crippen LogP contribution in [0.25, 0.3) is 0 Å². The number of carbonyl (C=O) groups excluding carboxylic acids is 2. The van der Waals surface area contributed by atoms with Crippen LogP contribution in [-0.4, -0.2) is 16.9 Å². The number of rotatable bonds is 1. The second kappa shape index (κ2) is 3.76. The minimum absolute atomic E-state index is 0.0222. The summed E-state index contributed by atoms with van der Waals surface area (Å²) in [6, 6.07) is 3.10. The molecular formula is C10H8FNO3. The van der Waals surface area contributed by atoms with Crippen molar-refractivity contribution in [2.45, 2.75) is 18.8 Å². The molecule has 2 rings (SSSR count). The molecule has 1 aliphatic rings. The van der Waals surface area contributed by atoms with Gasteiger partial charge in [-0.3, -0.25) is 9.59 Å². The number of pyridine rings is 1. The number of hydrogen-bond acceptors (Lipinski definition) is 4. The Balaban J connectivity index is 2.27. The second-order valence-corrected chi connectivity index (χ2v) is 3.33. The second-order valence-electron chi connectivity index (χ2n) is 3.33. The molecule has 0 aliphatic carbocycles. The van der Waals surface area contributed by atoms with E-state index in [0.717, 1.165) is 0 Å². The Kier molecular flexibility index (Phi) is 2.45. The third-order valence-electron chi connectivity index (χ3n) is 2.28. The van der Waals surface area contributed by atoms with Crippen LogP contribution in [0.3, 0.4) is 0 Å². The fourth-order valence-corrected chi connectivity index (χ4v) is 1.61. The van der Waals surface area contributed by atoms with Gasteiger partial charge in [0.15, 0.2) is 0 Å². The highest BCUT2D eigenvalue weighted by Gasteiger charge is 2.30. The first-order valence-electron chi connectivity index (χ1n) is 4.50. The van der Waals surface area contributed by atoms with Crippen molar-refractivity contribution < 1.29 is 18.7 Å². The van der Waals surface area contributed by atoms with E-state index in [1.165, 1.54) is 12.3 Å². The van der Waals surface area contributed by atoms with E-state index in [4.69, 9.17) is 0 Å². The zero-order chi connectivity index (χ0) is 10.8. The fraction of sp³-hybridized carbons (Fsp3) is 0.300. The highest BCUT2D eigenvalue weighted by Crippen LogP contribution is 2.28. The van der Waals surface area contributed by atoms with Crippen molar-refractivity contribution in [1.82, 2.24) is 4.98 Å². The van der Waals surface area contributed by atoms with E-state index < -0.39 is 23.8 Å². The topological polar surface area (TPSA) is 56.3 Å². The van der Waals surface area contributed by atoms with Crippen molar-refractivity contribution >= 4 is 11.9 Å². The van der Waals surface area contributed by atoms with Gasteiger partial charge in [-0.2, -0.15) is 4.39 Å². The maximum atomic E-state index is 13.3. The molecule has 4 nitrogen and oxygen atoms in total. The molecule has 1 fully saturated rings. The molecule has 0 amide bonds. The van der Waals surface area contributed by atoms with Crippen LogP contribution in [0.4, 0.5) is 4.39 Å². The molecule has 2 heterocycles. The molecule has 5 heteroatoms. The largest absolute Gasteiger partial charge is 0.393 e. The van der Waals surface area contributed by atoms with Crippen molar-refractivity contribution in [2.75, 3.05) is 0 Å². The molecule has 0 saturated carbocycles. The minimum atomic E-state index is -0.634. The highest BCUT2D eigenvalue weighted by atomic mass is 19.1. The zero-order valence-corrected chi connectivity index (χ0v) is 7.77. The van der Waals surface area contributed by atoms with Gasteiger partial charge >= 0.3 is 11.9 Å². The summed E-state index contributed by atoms with van der Waals surface area (Å²) in [7, 11) is 0. The first-order chi connectivity index (χ1) is 7.16. The monoisotopic (exact) mass is 209 g/mol. The Labute approximate surface area is 85.1 Å². The van der Waals surface area contributed by atoms with Gasteiger partial charge in [-0.15, -0.1) is 0 Å². The molecule has 78 valence electrons. The van der Waals surface area contributed by atoms with Gasteiger partial charge in [0, 0.05) is 17.7 Å². The predicted molar refractivity (Wildman–Crippen MR) is 47.3 cm³/mol. The van der Waals surface area contributed by atoms with E-state index in [-0.39, 0.29) is 12.8 Å². The highest BCUT2D eigenvalue weighted by molar-refractivity contribution is 5.89. The third-order valence-corrected chi connectivity index (χ3v) is 2.28. The molecule has 1 saturated heterocycles. The summed E-state index contributed by atoms with van der Waals surface area (Å²) in [5.74, 6) is -2.31. The summed E-state index contributed by atoms with van der Waals surface area (Å²) < 4.78 is 17.6. The molecular weight excluding hydrogens is 201 g/mol. The van der Waals surface area contributed by atoms with Gasteiger partial charge in [-0.25, -0.2) is 4.98 Å². The van der Waals surface area contributed by atoms with Gasteiger partial charge in [-0.1, -0.05) is 6.07 Å². The summed E-state index contributed by atoms with van der Waals surface area (Å²) >= 11 is 0. The standard InChI is InChI=1S/C10H8FNO3/c11-10-7(2-1-3-12-10)6-4-8(13)15-9(14)5-6/h1-3,6H,4-5H2. The molecule has 0 unspecified atom stereocenters. The molecule has 0 bridgehead atoms. The lowest BCUT2D eigenvalue weighted by Crippen LogP contribution is -2.24. The smallest absolute Gasteiger partial charge is 0.314 e. The van der Waals surface area contributed by atoms with Gasteiger partial charge in [0.25, 0.3) is 0 Å². The molecule has 1 aromatic heterocycles. The molecule has 0 aromatic carbocycles. The first-order valence-corrected chi connectivity index (χ1v) is 4.50. The molecule has 1 aliphatic heterocycles. The quantitative estimate of drug-likeness (QED) is 0.395. The van der Waals surface area contributed by atoms with Gasteiger partial charge in [0.1, 0.15) is 0 Å². The van der Waals surface area contributed by atoms with Crippen LogP contribution in [0.1, 0.15) is 24.3 Å². The Morgan fingerprint density at radius 2 is 2.00 bits per heavy atom. The summed E-state index contributed by atoms with van der Waals surface area (Å²) in [6.07, 6.45) is 1.37. The van der Waals surface area contributed by atoms with Crippen molar-refractivity contribution in [3.8, 4) is 0 Å². The number of cyclic esters (lactones) is 2. The van der Waals surface area contributed by atoms with Crippen LogP contribution in [0.5, 0.6) is 0 Å². The van der Waals surface area contributed by atoms with Crippen LogP contribution in [-0.2, 0) is 14.3 Å². The van der Waals surface area contributed by atoms with E-state index in [2.05, 4.69) is 9.72 Å². The molecule has 0 spiro atoms. The molecule has 1 aromatic rings. The third kappa shape index (κ3) is 2.01. The maximum Gasteiger partial charge on any atom is 0.314 e. The average Bonchev–Trinajstić information content (AvgIpc) is 2.16. The average molecular weight is 209 g/mol. The van der Waals surface area contributed by atoms with E-state index in [1.54, 1.807) is 6.07 Å².